The lowest BCUT2D eigenvalue weighted by molar-refractivity contribution is -0.122. The Labute approximate surface area is 218 Å². The highest BCUT2D eigenvalue weighted by Crippen LogP contribution is 2.64. The predicted molar refractivity (Wildman–Crippen MR) is 151 cm³/mol. The van der Waals surface area contributed by atoms with Gasteiger partial charge in [0.2, 0.25) is 0 Å². The summed E-state index contributed by atoms with van der Waals surface area (Å²) in [6.07, 6.45) is 27.4. The van der Waals surface area contributed by atoms with Gasteiger partial charge >= 0.3 is 0 Å². The number of aromatic nitrogens is 2. The second kappa shape index (κ2) is 12.3. The molecular formula is C33H56N2. The molecule has 4 fully saturated rings. The van der Waals surface area contributed by atoms with E-state index in [1.165, 1.54) is 57.8 Å². The van der Waals surface area contributed by atoms with Gasteiger partial charge in [-0.2, -0.15) is 5.10 Å². The third-order valence-electron chi connectivity index (χ3n) is 11.0. The third kappa shape index (κ3) is 5.55. The molecule has 0 radical (unpaired) electrons. The van der Waals surface area contributed by atoms with Crippen LogP contribution in [0, 0.1) is 65.1 Å². The van der Waals surface area contributed by atoms with E-state index < -0.39 is 0 Å². The Kier molecular flexibility index (Phi) is 9.99. The molecule has 35 heavy (non-hydrogen) atoms. The molecule has 2 heteroatoms. The molecule has 198 valence electrons. The van der Waals surface area contributed by atoms with E-state index in [4.69, 9.17) is 6.42 Å². The summed E-state index contributed by atoms with van der Waals surface area (Å²) in [5, 5.41) is 4.55. The zero-order valence-electron chi connectivity index (χ0n) is 22.9. The van der Waals surface area contributed by atoms with Crippen LogP contribution >= 0.6 is 0 Å². The van der Waals surface area contributed by atoms with Gasteiger partial charge in [0.05, 0.1) is 11.8 Å². The largest absolute Gasteiger partial charge is 0.271 e. The first kappa shape index (κ1) is 28.3. The number of fused-ring (bicyclic) bond motifs is 5. The zero-order chi connectivity index (χ0) is 24.3. The first-order valence-corrected chi connectivity index (χ1v) is 15.0. The van der Waals surface area contributed by atoms with Crippen LogP contribution in [0.15, 0.2) is 12.4 Å². The summed E-state index contributed by atoms with van der Waals surface area (Å²) in [5.41, 5.74) is 1.45. The molecule has 0 spiro atoms. The number of rotatable bonds is 5. The lowest BCUT2D eigenvalue weighted by Gasteiger charge is -2.61. The van der Waals surface area contributed by atoms with Gasteiger partial charge in [0, 0.05) is 12.7 Å². The van der Waals surface area contributed by atoms with Crippen LogP contribution in [0.3, 0.4) is 0 Å². The number of hydrogen-bond acceptors (Lipinski definition) is 1. The first-order chi connectivity index (χ1) is 16.5. The lowest BCUT2D eigenvalue weighted by atomic mass is 9.44. The minimum Gasteiger partial charge on any atom is -0.271 e. The summed E-state index contributed by atoms with van der Waals surface area (Å²) in [6.45, 7) is 12.6. The van der Waals surface area contributed by atoms with Crippen molar-refractivity contribution in [1.29, 1.82) is 0 Å². The fourth-order valence-corrected chi connectivity index (χ4v) is 9.75. The normalized spacial score (nSPS) is 38.8. The van der Waals surface area contributed by atoms with Gasteiger partial charge in [0.15, 0.2) is 0 Å². The average Bonchev–Trinajstić information content (AvgIpc) is 3.31. The molecule has 4 aliphatic rings. The molecule has 5 rings (SSSR count). The second-order valence-corrected chi connectivity index (χ2v) is 12.6. The van der Waals surface area contributed by atoms with Gasteiger partial charge in [0.1, 0.15) is 0 Å². The molecule has 9 atom stereocenters. The standard InChI is InChI=1S/C30H46N2.C2H6.CH4/c1-5-8-23-11-13-25-24(17-23)12-14-27-26(25)15-16-30(4)28(9-7-10-29(27)30)21(3)19-32-20-22(6-2)18-31-32;1-2;/h2,18,20-21,23-29H,5,7-17,19H2,1,3-4H3;1-2H3;1H4. The molecule has 1 heterocycles. The van der Waals surface area contributed by atoms with Crippen molar-refractivity contribution in [3.05, 3.63) is 18.0 Å². The van der Waals surface area contributed by atoms with Gasteiger partial charge in [-0.25, -0.2) is 0 Å². The summed E-state index contributed by atoms with van der Waals surface area (Å²) >= 11 is 0. The summed E-state index contributed by atoms with van der Waals surface area (Å²) in [6, 6.07) is 0. The van der Waals surface area contributed by atoms with E-state index in [0.29, 0.717) is 11.3 Å². The lowest BCUT2D eigenvalue weighted by Crippen LogP contribution is -2.54. The minimum absolute atomic E-state index is 0. The van der Waals surface area contributed by atoms with Crippen LogP contribution in [-0.4, -0.2) is 9.78 Å². The maximum absolute atomic E-state index is 5.57. The zero-order valence-corrected chi connectivity index (χ0v) is 22.9. The highest BCUT2D eigenvalue weighted by atomic mass is 15.3. The molecule has 4 aliphatic carbocycles. The molecule has 4 saturated carbocycles. The van der Waals surface area contributed by atoms with Crippen LogP contribution in [0.1, 0.15) is 125 Å². The Morgan fingerprint density at radius 1 is 1.09 bits per heavy atom. The smallest absolute Gasteiger partial charge is 0.0646 e. The predicted octanol–water partition coefficient (Wildman–Crippen LogP) is 9.24. The van der Waals surface area contributed by atoms with E-state index in [1.54, 1.807) is 19.3 Å². The fraction of sp³-hybridized carbons (Fsp3) is 0.848. The summed E-state index contributed by atoms with van der Waals surface area (Å²) < 4.78 is 2.11. The van der Waals surface area contributed by atoms with Gasteiger partial charge in [-0.15, -0.1) is 6.42 Å². The van der Waals surface area contributed by atoms with Gasteiger partial charge in [-0.1, -0.05) is 73.6 Å². The van der Waals surface area contributed by atoms with Crippen molar-refractivity contribution in [2.75, 3.05) is 0 Å². The Bertz CT molecular complexity index is 817. The van der Waals surface area contributed by atoms with Crippen molar-refractivity contribution in [3.63, 3.8) is 0 Å². The Morgan fingerprint density at radius 3 is 2.57 bits per heavy atom. The number of terminal acetylenes is 1. The highest BCUT2D eigenvalue weighted by molar-refractivity contribution is 5.26. The summed E-state index contributed by atoms with van der Waals surface area (Å²) in [4.78, 5) is 0. The highest BCUT2D eigenvalue weighted by Gasteiger charge is 2.56. The molecule has 0 saturated heterocycles. The second-order valence-electron chi connectivity index (χ2n) is 12.6. The van der Waals surface area contributed by atoms with Crippen LogP contribution < -0.4 is 0 Å². The topological polar surface area (TPSA) is 17.8 Å². The van der Waals surface area contributed by atoms with Crippen molar-refractivity contribution in [2.45, 2.75) is 126 Å². The Balaban J connectivity index is 0.00000111. The van der Waals surface area contributed by atoms with Crippen molar-refractivity contribution >= 4 is 0 Å². The van der Waals surface area contributed by atoms with E-state index in [9.17, 15) is 0 Å². The minimum atomic E-state index is 0. The molecule has 0 amide bonds. The van der Waals surface area contributed by atoms with Crippen LogP contribution in [-0.2, 0) is 6.54 Å². The van der Waals surface area contributed by atoms with Crippen LogP contribution in [0.5, 0.6) is 0 Å². The maximum atomic E-state index is 5.57. The quantitative estimate of drug-likeness (QED) is 0.384. The molecule has 0 bridgehead atoms. The molecular weight excluding hydrogens is 424 g/mol. The molecule has 2 nitrogen and oxygen atoms in total. The summed E-state index contributed by atoms with van der Waals surface area (Å²) in [5.74, 6) is 10.4. The van der Waals surface area contributed by atoms with Gasteiger partial charge < -0.3 is 0 Å². The molecule has 0 aromatic carbocycles. The number of nitrogens with zero attached hydrogens (tertiary/aromatic N) is 2. The first-order valence-electron chi connectivity index (χ1n) is 15.0. The summed E-state index contributed by atoms with van der Waals surface area (Å²) in [7, 11) is 0. The molecule has 1 aromatic heterocycles. The Morgan fingerprint density at radius 2 is 1.86 bits per heavy atom. The molecule has 0 N–H and O–H groups in total. The molecule has 1 aromatic rings. The van der Waals surface area contributed by atoms with Crippen molar-refractivity contribution in [1.82, 2.24) is 9.78 Å². The van der Waals surface area contributed by atoms with E-state index >= 15 is 0 Å². The van der Waals surface area contributed by atoms with Gasteiger partial charge in [-0.05, 0) is 104 Å². The molecule has 0 aliphatic heterocycles. The van der Waals surface area contributed by atoms with E-state index in [1.807, 2.05) is 20.0 Å². The van der Waals surface area contributed by atoms with E-state index in [-0.39, 0.29) is 7.43 Å². The van der Waals surface area contributed by atoms with Crippen LogP contribution in [0.4, 0.5) is 0 Å². The number of hydrogen-bond donors (Lipinski definition) is 0. The average molecular weight is 481 g/mol. The van der Waals surface area contributed by atoms with Crippen LogP contribution in [0.2, 0.25) is 0 Å². The third-order valence-corrected chi connectivity index (χ3v) is 11.0. The fourth-order valence-electron chi connectivity index (χ4n) is 9.75. The van der Waals surface area contributed by atoms with Crippen molar-refractivity contribution in [3.8, 4) is 12.3 Å². The van der Waals surface area contributed by atoms with Gasteiger partial charge in [-0.3, -0.25) is 4.68 Å². The van der Waals surface area contributed by atoms with Crippen molar-refractivity contribution in [2.24, 2.45) is 52.8 Å². The van der Waals surface area contributed by atoms with Crippen LogP contribution in [0.25, 0.3) is 0 Å². The molecule has 9 unspecified atom stereocenters. The SMILES string of the molecule is C.C#Cc1cnn(CC(C)C2CCCC3C4CCC5CC(CCC)CCC5C4CCC23C)c1.CC. The Hall–Kier alpha value is -1.23. The van der Waals surface area contributed by atoms with E-state index in [2.05, 4.69) is 42.7 Å². The van der Waals surface area contributed by atoms with Crippen molar-refractivity contribution < 1.29 is 0 Å². The monoisotopic (exact) mass is 480 g/mol. The maximum Gasteiger partial charge on any atom is 0.0646 e. The van der Waals surface area contributed by atoms with E-state index in [0.717, 1.165) is 53.5 Å². The van der Waals surface area contributed by atoms with Gasteiger partial charge in [0.25, 0.3) is 0 Å².